The van der Waals surface area contributed by atoms with Crippen molar-refractivity contribution in [1.82, 2.24) is 25.1 Å². The lowest BCUT2D eigenvalue weighted by Crippen LogP contribution is -2.34. The molecule has 0 saturated heterocycles. The summed E-state index contributed by atoms with van der Waals surface area (Å²) in [6, 6.07) is 11.8. The van der Waals surface area contributed by atoms with Gasteiger partial charge < -0.3 is 5.32 Å². The van der Waals surface area contributed by atoms with Gasteiger partial charge in [0.15, 0.2) is 5.82 Å². The summed E-state index contributed by atoms with van der Waals surface area (Å²) in [4.78, 5) is 21.7. The van der Waals surface area contributed by atoms with Crippen LogP contribution in [0.1, 0.15) is 35.8 Å². The van der Waals surface area contributed by atoms with Crippen LogP contribution in [-0.4, -0.2) is 25.7 Å². The molecule has 2 heterocycles. The van der Waals surface area contributed by atoms with Gasteiger partial charge in [-0.15, -0.1) is 0 Å². The number of carbonyl (C=O) groups excluding carboxylic acids is 1. The molecule has 4 rings (SSSR count). The molecule has 0 aliphatic heterocycles. The molecule has 1 amide bonds. The third-order valence-electron chi connectivity index (χ3n) is 4.63. The lowest BCUT2D eigenvalue weighted by molar-refractivity contribution is -0.122. The molecule has 1 aromatic carbocycles. The second-order valence-corrected chi connectivity index (χ2v) is 6.63. The third kappa shape index (κ3) is 3.49. The summed E-state index contributed by atoms with van der Waals surface area (Å²) in [5.74, 6) is 0.696. The van der Waals surface area contributed by atoms with Crippen molar-refractivity contribution in [3.63, 3.8) is 0 Å². The van der Waals surface area contributed by atoms with E-state index >= 15 is 0 Å². The van der Waals surface area contributed by atoms with Crippen molar-refractivity contribution < 1.29 is 4.79 Å². The van der Waals surface area contributed by atoms with Crippen LogP contribution in [0, 0.1) is 6.92 Å². The second-order valence-electron chi connectivity index (χ2n) is 6.63. The quantitative estimate of drug-likeness (QED) is 0.788. The van der Waals surface area contributed by atoms with Crippen molar-refractivity contribution in [2.75, 3.05) is 0 Å². The number of hydrogen-bond donors (Lipinski definition) is 1. The first-order chi connectivity index (χ1) is 12.7. The molecule has 132 valence electrons. The van der Waals surface area contributed by atoms with Crippen molar-refractivity contribution in [3.8, 4) is 11.4 Å². The largest absolute Gasteiger partial charge is 0.348 e. The number of amides is 1. The highest BCUT2D eigenvalue weighted by Gasteiger charge is 2.24. The van der Waals surface area contributed by atoms with Crippen LogP contribution < -0.4 is 5.32 Å². The molecule has 26 heavy (non-hydrogen) atoms. The molecule has 1 atom stereocenters. The molecule has 6 heteroatoms. The number of carbonyl (C=O) groups is 1. The monoisotopic (exact) mass is 347 g/mol. The highest BCUT2D eigenvalue weighted by atomic mass is 16.2. The number of aromatic nitrogens is 4. The van der Waals surface area contributed by atoms with Crippen LogP contribution in [0.25, 0.3) is 11.4 Å². The van der Waals surface area contributed by atoms with E-state index in [9.17, 15) is 4.79 Å². The molecule has 1 aliphatic rings. The lowest BCUT2D eigenvalue weighted by atomic mass is 9.92. The van der Waals surface area contributed by atoms with Gasteiger partial charge in [0.1, 0.15) is 6.54 Å². The number of rotatable bonds is 4. The first-order valence-corrected chi connectivity index (χ1v) is 8.90. The molecule has 1 N–H and O–H groups in total. The summed E-state index contributed by atoms with van der Waals surface area (Å²) in [6.45, 7) is 2.13. The molecule has 0 bridgehead atoms. The van der Waals surface area contributed by atoms with E-state index in [4.69, 9.17) is 4.98 Å². The van der Waals surface area contributed by atoms with E-state index in [-0.39, 0.29) is 18.5 Å². The van der Waals surface area contributed by atoms with E-state index in [1.165, 1.54) is 0 Å². The van der Waals surface area contributed by atoms with Gasteiger partial charge in [-0.1, -0.05) is 30.3 Å². The molecule has 1 aliphatic carbocycles. The van der Waals surface area contributed by atoms with Crippen LogP contribution in [0.3, 0.4) is 0 Å². The zero-order valence-electron chi connectivity index (χ0n) is 14.7. The molecular weight excluding hydrogens is 326 g/mol. The fourth-order valence-corrected chi connectivity index (χ4v) is 3.36. The first-order valence-electron chi connectivity index (χ1n) is 8.90. The van der Waals surface area contributed by atoms with Gasteiger partial charge in [-0.3, -0.25) is 9.48 Å². The Morgan fingerprint density at radius 1 is 1.27 bits per heavy atom. The predicted octanol–water partition coefficient (Wildman–Crippen LogP) is 2.84. The first kappa shape index (κ1) is 16.4. The minimum atomic E-state index is -0.0434. The maximum absolute atomic E-state index is 12.4. The second kappa shape index (κ2) is 7.07. The number of fused-ring (bicyclic) bond motifs is 1. The SMILES string of the molecule is Cc1ccn(CC(=O)NC2CCCc3nc(-c4ccccc4)ncc32)n1. The van der Waals surface area contributed by atoms with Crippen molar-refractivity contribution in [3.05, 3.63) is 65.7 Å². The summed E-state index contributed by atoms with van der Waals surface area (Å²) in [5.41, 5.74) is 3.98. The summed E-state index contributed by atoms with van der Waals surface area (Å²) in [6.07, 6.45) is 6.52. The van der Waals surface area contributed by atoms with Gasteiger partial charge in [-0.2, -0.15) is 5.10 Å². The Balaban J connectivity index is 1.51. The summed E-state index contributed by atoms with van der Waals surface area (Å²) >= 11 is 0. The van der Waals surface area contributed by atoms with Crippen LogP contribution in [0.2, 0.25) is 0 Å². The van der Waals surface area contributed by atoms with Gasteiger partial charge in [0.2, 0.25) is 5.91 Å². The van der Waals surface area contributed by atoms with Crippen LogP contribution >= 0.6 is 0 Å². The van der Waals surface area contributed by atoms with Crippen molar-refractivity contribution in [2.45, 2.75) is 38.8 Å². The molecule has 0 fully saturated rings. The van der Waals surface area contributed by atoms with E-state index in [1.54, 1.807) is 4.68 Å². The average Bonchev–Trinajstić information content (AvgIpc) is 3.07. The van der Waals surface area contributed by atoms with Gasteiger partial charge in [-0.25, -0.2) is 9.97 Å². The Labute approximate surface area is 152 Å². The van der Waals surface area contributed by atoms with E-state index in [1.807, 2.05) is 55.7 Å². The predicted molar refractivity (Wildman–Crippen MR) is 98.3 cm³/mol. The Morgan fingerprint density at radius 3 is 2.88 bits per heavy atom. The van der Waals surface area contributed by atoms with E-state index in [0.717, 1.165) is 47.6 Å². The highest BCUT2D eigenvalue weighted by molar-refractivity contribution is 5.76. The molecule has 0 saturated carbocycles. The van der Waals surface area contributed by atoms with Gasteiger partial charge in [-0.05, 0) is 32.3 Å². The van der Waals surface area contributed by atoms with Gasteiger partial charge >= 0.3 is 0 Å². The number of aryl methyl sites for hydroxylation is 2. The maximum atomic E-state index is 12.4. The van der Waals surface area contributed by atoms with Crippen LogP contribution in [0.15, 0.2) is 48.8 Å². The maximum Gasteiger partial charge on any atom is 0.242 e. The number of nitrogens with zero attached hydrogens (tertiary/aromatic N) is 4. The Hall–Kier alpha value is -3.02. The van der Waals surface area contributed by atoms with E-state index in [0.29, 0.717) is 0 Å². The molecule has 0 spiro atoms. The fourth-order valence-electron chi connectivity index (χ4n) is 3.36. The highest BCUT2D eigenvalue weighted by Crippen LogP contribution is 2.29. The number of hydrogen-bond acceptors (Lipinski definition) is 4. The zero-order valence-corrected chi connectivity index (χ0v) is 14.7. The summed E-state index contributed by atoms with van der Waals surface area (Å²) in [7, 11) is 0. The summed E-state index contributed by atoms with van der Waals surface area (Å²) in [5, 5.41) is 7.38. The molecule has 6 nitrogen and oxygen atoms in total. The molecule has 3 aromatic rings. The molecule has 2 aromatic heterocycles. The van der Waals surface area contributed by atoms with Crippen LogP contribution in [0.4, 0.5) is 0 Å². The molecular formula is C20H21N5O. The standard InChI is InChI=1S/C20H21N5O/c1-14-10-11-25(24-14)13-19(26)22-17-8-5-9-18-16(17)12-21-20(23-18)15-6-3-2-4-7-15/h2-4,6-7,10-12,17H,5,8-9,13H2,1H3,(H,22,26). The Kier molecular flexibility index (Phi) is 4.48. The van der Waals surface area contributed by atoms with Crippen molar-refractivity contribution in [2.24, 2.45) is 0 Å². The topological polar surface area (TPSA) is 72.7 Å². The smallest absolute Gasteiger partial charge is 0.242 e. The lowest BCUT2D eigenvalue weighted by Gasteiger charge is -2.25. The van der Waals surface area contributed by atoms with Crippen molar-refractivity contribution >= 4 is 5.91 Å². The normalized spacial score (nSPS) is 16.1. The van der Waals surface area contributed by atoms with Crippen LogP contribution in [-0.2, 0) is 17.8 Å². The minimum Gasteiger partial charge on any atom is -0.348 e. The van der Waals surface area contributed by atoms with E-state index in [2.05, 4.69) is 15.4 Å². The van der Waals surface area contributed by atoms with Gasteiger partial charge in [0, 0.05) is 29.2 Å². The van der Waals surface area contributed by atoms with Crippen LogP contribution in [0.5, 0.6) is 0 Å². The van der Waals surface area contributed by atoms with Crippen molar-refractivity contribution in [1.29, 1.82) is 0 Å². The molecule has 0 radical (unpaired) electrons. The van der Waals surface area contributed by atoms with E-state index < -0.39 is 0 Å². The zero-order chi connectivity index (χ0) is 17.9. The Morgan fingerprint density at radius 2 is 2.12 bits per heavy atom. The molecule has 1 unspecified atom stereocenters. The Bertz CT molecular complexity index is 919. The number of nitrogens with one attached hydrogen (secondary N) is 1. The summed E-state index contributed by atoms with van der Waals surface area (Å²) < 4.78 is 1.66. The van der Waals surface area contributed by atoms with Gasteiger partial charge in [0.05, 0.1) is 11.7 Å². The number of benzene rings is 1. The fraction of sp³-hybridized carbons (Fsp3) is 0.300. The average molecular weight is 347 g/mol. The minimum absolute atomic E-state index is 0.0345. The van der Waals surface area contributed by atoms with Gasteiger partial charge in [0.25, 0.3) is 0 Å². The third-order valence-corrected chi connectivity index (χ3v) is 4.63.